The molecule has 2 aliphatic carbocycles. The Bertz CT molecular complexity index is 1200. The summed E-state index contributed by atoms with van der Waals surface area (Å²) < 4.78 is 2.41. The molecule has 0 bridgehead atoms. The Morgan fingerprint density at radius 1 is 1.00 bits per heavy atom. The molecule has 2 fully saturated rings. The first-order valence-corrected chi connectivity index (χ1v) is 14.6. The van der Waals surface area contributed by atoms with Crippen LogP contribution in [0.25, 0.3) is 10.9 Å². The first-order valence-electron chi connectivity index (χ1n) is 14.6. The van der Waals surface area contributed by atoms with Gasteiger partial charge in [-0.25, -0.2) is 0 Å². The molecule has 0 saturated heterocycles. The minimum absolute atomic E-state index is 0.186. The van der Waals surface area contributed by atoms with Gasteiger partial charge in [-0.05, 0) is 80.9 Å². The van der Waals surface area contributed by atoms with Gasteiger partial charge in [-0.1, -0.05) is 61.9 Å². The summed E-state index contributed by atoms with van der Waals surface area (Å²) >= 11 is 0. The van der Waals surface area contributed by atoms with Gasteiger partial charge in [0.15, 0.2) is 0 Å². The van der Waals surface area contributed by atoms with E-state index in [-0.39, 0.29) is 16.5 Å². The lowest BCUT2D eigenvalue weighted by Gasteiger charge is -2.26. The second-order valence-corrected chi connectivity index (χ2v) is 11.9. The number of nitro benzene ring substituents is 1. The van der Waals surface area contributed by atoms with Gasteiger partial charge in [0.05, 0.1) is 4.92 Å². The zero-order chi connectivity index (χ0) is 25.8. The summed E-state index contributed by atoms with van der Waals surface area (Å²) in [4.78, 5) is 11.5. The Labute approximate surface area is 221 Å². The molecule has 0 radical (unpaired) electrons. The summed E-state index contributed by atoms with van der Waals surface area (Å²) in [5, 5.41) is 12.8. The number of fused-ring (bicyclic) bond motifs is 1. The SMILES string of the molecule is Cc1cccc(C(CCCC2CCC(N)CC2)c2cn(CC3CCCCC3)c3ccc([N+](=O)[O-])cc23)c1. The van der Waals surface area contributed by atoms with E-state index < -0.39 is 0 Å². The molecule has 2 saturated carbocycles. The molecular weight excluding hydrogens is 458 g/mol. The van der Waals surface area contributed by atoms with E-state index in [1.54, 1.807) is 6.07 Å². The largest absolute Gasteiger partial charge is 0.347 e. The number of aryl methyl sites for hydroxylation is 1. The molecule has 1 heterocycles. The maximum Gasteiger partial charge on any atom is 0.270 e. The summed E-state index contributed by atoms with van der Waals surface area (Å²) in [6.07, 6.45) is 17.2. The minimum Gasteiger partial charge on any atom is -0.347 e. The highest BCUT2D eigenvalue weighted by Gasteiger charge is 2.25. The van der Waals surface area contributed by atoms with Gasteiger partial charge in [0, 0.05) is 47.7 Å². The quantitative estimate of drug-likeness (QED) is 0.237. The maximum atomic E-state index is 11.7. The molecule has 5 heteroatoms. The van der Waals surface area contributed by atoms with Crippen LogP contribution in [-0.4, -0.2) is 15.5 Å². The van der Waals surface area contributed by atoms with Crippen LogP contribution in [0.2, 0.25) is 0 Å². The van der Waals surface area contributed by atoms with Crippen LogP contribution in [0.15, 0.2) is 48.7 Å². The maximum absolute atomic E-state index is 11.7. The van der Waals surface area contributed by atoms with Gasteiger partial charge in [0.25, 0.3) is 5.69 Å². The number of hydrogen-bond donors (Lipinski definition) is 1. The fraction of sp³-hybridized carbons (Fsp3) is 0.562. The second-order valence-electron chi connectivity index (χ2n) is 11.9. The fourth-order valence-electron chi connectivity index (χ4n) is 6.98. The van der Waals surface area contributed by atoms with Crippen LogP contribution in [0.4, 0.5) is 5.69 Å². The number of rotatable bonds is 9. The molecule has 0 aliphatic heterocycles. The smallest absolute Gasteiger partial charge is 0.270 e. The second kappa shape index (κ2) is 11.8. The third-order valence-corrected chi connectivity index (χ3v) is 9.10. The van der Waals surface area contributed by atoms with Crippen molar-refractivity contribution in [2.24, 2.45) is 17.6 Å². The highest BCUT2D eigenvalue weighted by Crippen LogP contribution is 2.39. The third kappa shape index (κ3) is 6.26. The number of aromatic nitrogens is 1. The van der Waals surface area contributed by atoms with E-state index in [1.807, 2.05) is 12.1 Å². The Morgan fingerprint density at radius 2 is 1.78 bits per heavy atom. The summed E-state index contributed by atoms with van der Waals surface area (Å²) in [6.45, 7) is 3.17. The van der Waals surface area contributed by atoms with Gasteiger partial charge in [-0.15, -0.1) is 0 Å². The van der Waals surface area contributed by atoms with Crippen LogP contribution in [-0.2, 0) is 6.54 Å². The van der Waals surface area contributed by atoms with Crippen molar-refractivity contribution < 1.29 is 4.92 Å². The lowest BCUT2D eigenvalue weighted by atomic mass is 9.81. The summed E-state index contributed by atoms with van der Waals surface area (Å²) in [5.41, 5.74) is 11.3. The molecule has 3 aromatic rings. The number of non-ortho nitro benzene ring substituents is 1. The molecule has 0 amide bonds. The Kier molecular flexibility index (Phi) is 8.29. The van der Waals surface area contributed by atoms with Crippen molar-refractivity contribution in [3.05, 3.63) is 75.5 Å². The highest BCUT2D eigenvalue weighted by atomic mass is 16.6. The minimum atomic E-state index is -0.253. The van der Waals surface area contributed by atoms with Crippen LogP contribution >= 0.6 is 0 Å². The number of nitrogens with zero attached hydrogens (tertiary/aromatic N) is 2. The average molecular weight is 502 g/mol. The van der Waals surface area contributed by atoms with E-state index >= 15 is 0 Å². The highest BCUT2D eigenvalue weighted by molar-refractivity contribution is 5.87. The molecule has 2 N–H and O–H groups in total. The van der Waals surface area contributed by atoms with Crippen molar-refractivity contribution in [1.82, 2.24) is 4.57 Å². The number of nitro groups is 1. The molecule has 198 valence electrons. The molecule has 2 aliphatic rings. The van der Waals surface area contributed by atoms with Gasteiger partial charge < -0.3 is 10.3 Å². The van der Waals surface area contributed by atoms with Crippen molar-refractivity contribution >= 4 is 16.6 Å². The lowest BCUT2D eigenvalue weighted by molar-refractivity contribution is -0.384. The first-order chi connectivity index (χ1) is 18.0. The predicted octanol–water partition coefficient (Wildman–Crippen LogP) is 8.26. The number of nitrogens with two attached hydrogens (primary N) is 1. The van der Waals surface area contributed by atoms with Crippen LogP contribution < -0.4 is 5.73 Å². The molecule has 2 aromatic carbocycles. The van der Waals surface area contributed by atoms with E-state index in [0.29, 0.717) is 12.0 Å². The topological polar surface area (TPSA) is 74.1 Å². The van der Waals surface area contributed by atoms with Crippen molar-refractivity contribution in [2.45, 2.75) is 102 Å². The van der Waals surface area contributed by atoms with E-state index in [4.69, 9.17) is 5.73 Å². The fourth-order valence-corrected chi connectivity index (χ4v) is 6.98. The van der Waals surface area contributed by atoms with Gasteiger partial charge >= 0.3 is 0 Å². The third-order valence-electron chi connectivity index (χ3n) is 9.10. The van der Waals surface area contributed by atoms with E-state index in [2.05, 4.69) is 42.0 Å². The van der Waals surface area contributed by atoms with E-state index in [1.165, 1.54) is 74.5 Å². The van der Waals surface area contributed by atoms with Crippen LogP contribution in [0.5, 0.6) is 0 Å². The molecule has 37 heavy (non-hydrogen) atoms. The molecule has 1 atom stereocenters. The molecule has 5 nitrogen and oxygen atoms in total. The summed E-state index contributed by atoms with van der Waals surface area (Å²) in [5.74, 6) is 1.72. The van der Waals surface area contributed by atoms with Crippen LogP contribution in [0.1, 0.15) is 99.7 Å². The van der Waals surface area contributed by atoms with Crippen LogP contribution in [0.3, 0.4) is 0 Å². The van der Waals surface area contributed by atoms with Gasteiger partial charge in [0.2, 0.25) is 0 Å². The summed E-state index contributed by atoms with van der Waals surface area (Å²) in [6, 6.07) is 14.8. The van der Waals surface area contributed by atoms with Crippen LogP contribution in [0, 0.1) is 28.9 Å². The molecule has 1 aromatic heterocycles. The predicted molar refractivity (Wildman–Crippen MR) is 152 cm³/mol. The molecule has 0 spiro atoms. The van der Waals surface area contributed by atoms with E-state index in [9.17, 15) is 10.1 Å². The molecule has 5 rings (SSSR count). The van der Waals surface area contributed by atoms with E-state index in [0.717, 1.165) is 42.6 Å². The molecular formula is C32H43N3O2. The zero-order valence-electron chi connectivity index (χ0n) is 22.4. The lowest BCUT2D eigenvalue weighted by Crippen LogP contribution is -2.26. The number of benzene rings is 2. The Hall–Kier alpha value is -2.66. The first kappa shape index (κ1) is 26.0. The number of hydrogen-bond acceptors (Lipinski definition) is 3. The Balaban J connectivity index is 1.48. The summed E-state index contributed by atoms with van der Waals surface area (Å²) in [7, 11) is 0. The zero-order valence-corrected chi connectivity index (χ0v) is 22.4. The normalized spacial score (nSPS) is 21.8. The van der Waals surface area contributed by atoms with Gasteiger partial charge in [-0.3, -0.25) is 10.1 Å². The standard InChI is InChI=1S/C32H43N3O2/c1-23-7-5-11-26(19-23)29(12-6-10-24-13-15-27(33)16-14-24)31-22-34(21-25-8-3-2-4-9-25)32-18-17-28(35(36)37)20-30(31)32/h5,7,11,17-20,22,24-25,27,29H,2-4,6,8-10,12-16,21,33H2,1H3. The van der Waals surface area contributed by atoms with Crippen molar-refractivity contribution in [3.63, 3.8) is 0 Å². The van der Waals surface area contributed by atoms with Crippen molar-refractivity contribution in [2.75, 3.05) is 0 Å². The average Bonchev–Trinajstić information content (AvgIpc) is 3.25. The Morgan fingerprint density at radius 3 is 2.51 bits per heavy atom. The van der Waals surface area contributed by atoms with Crippen molar-refractivity contribution in [1.29, 1.82) is 0 Å². The van der Waals surface area contributed by atoms with Crippen molar-refractivity contribution in [3.8, 4) is 0 Å². The molecule has 1 unspecified atom stereocenters. The monoisotopic (exact) mass is 501 g/mol. The van der Waals surface area contributed by atoms with Gasteiger partial charge in [-0.2, -0.15) is 0 Å². The van der Waals surface area contributed by atoms with Gasteiger partial charge in [0.1, 0.15) is 0 Å².